The van der Waals surface area contributed by atoms with E-state index in [1.807, 2.05) is 6.34 Å². The fourth-order valence-electron chi connectivity index (χ4n) is 3.50. The molecule has 0 radical (unpaired) electrons. The lowest BCUT2D eigenvalue weighted by atomic mass is 10.1. The third kappa shape index (κ3) is 15.2. The van der Waals surface area contributed by atoms with Crippen LogP contribution in [0.5, 0.6) is 0 Å². The average Bonchev–Trinajstić information content (AvgIpc) is 3.14. The zero-order valence-electron chi connectivity index (χ0n) is 17.1. The zero-order chi connectivity index (χ0) is 17.8. The van der Waals surface area contributed by atoms with Gasteiger partial charge in [-0.25, -0.2) is 0 Å². The number of rotatable bonds is 18. The molecule has 0 saturated carbocycles. The SMILES string of the molecule is CCCCCCCCCC/C=C\CCCCCCCCN1C=NCC1. The molecular formula is C23H44N2. The smallest absolute Gasteiger partial charge is 0.0851 e. The van der Waals surface area contributed by atoms with Crippen LogP contribution in [-0.4, -0.2) is 30.9 Å². The van der Waals surface area contributed by atoms with E-state index < -0.39 is 0 Å². The molecule has 2 heteroatoms. The predicted molar refractivity (Wildman–Crippen MR) is 114 cm³/mol. The lowest BCUT2D eigenvalue weighted by molar-refractivity contribution is 0.439. The number of hydrogen-bond donors (Lipinski definition) is 0. The minimum absolute atomic E-state index is 1.01. The standard InChI is InChI=1S/C23H44N2/c1-2-3-4-5-6-7-8-9-10-11-12-13-14-15-16-17-18-19-21-25-22-20-24-23-25/h11-12,23H,2-10,13-22H2,1H3/b12-11-. The van der Waals surface area contributed by atoms with Crippen molar-refractivity contribution >= 4 is 6.34 Å². The van der Waals surface area contributed by atoms with Crippen molar-refractivity contribution in [2.24, 2.45) is 4.99 Å². The first kappa shape index (κ1) is 22.3. The summed E-state index contributed by atoms with van der Waals surface area (Å²) >= 11 is 0. The monoisotopic (exact) mass is 348 g/mol. The molecule has 0 aromatic carbocycles. The fraction of sp³-hybridized carbons (Fsp3) is 0.870. The third-order valence-corrected chi connectivity index (χ3v) is 5.22. The van der Waals surface area contributed by atoms with Gasteiger partial charge in [-0.3, -0.25) is 4.99 Å². The van der Waals surface area contributed by atoms with Gasteiger partial charge in [-0.2, -0.15) is 0 Å². The van der Waals surface area contributed by atoms with Crippen LogP contribution in [0.15, 0.2) is 17.1 Å². The van der Waals surface area contributed by atoms with Crippen molar-refractivity contribution in [3.63, 3.8) is 0 Å². The molecule has 1 aliphatic heterocycles. The zero-order valence-corrected chi connectivity index (χ0v) is 17.1. The van der Waals surface area contributed by atoms with Crippen LogP contribution in [0, 0.1) is 0 Å². The van der Waals surface area contributed by atoms with Crippen LogP contribution in [-0.2, 0) is 0 Å². The molecule has 0 amide bonds. The van der Waals surface area contributed by atoms with E-state index in [1.54, 1.807) is 0 Å². The third-order valence-electron chi connectivity index (χ3n) is 5.22. The Morgan fingerprint density at radius 1 is 0.720 bits per heavy atom. The van der Waals surface area contributed by atoms with Gasteiger partial charge in [0.2, 0.25) is 0 Å². The normalized spacial score (nSPS) is 14.2. The van der Waals surface area contributed by atoms with Gasteiger partial charge >= 0.3 is 0 Å². The first-order valence-electron chi connectivity index (χ1n) is 11.3. The molecule has 0 saturated heterocycles. The van der Waals surface area contributed by atoms with Crippen molar-refractivity contribution in [2.45, 2.75) is 110 Å². The summed E-state index contributed by atoms with van der Waals surface area (Å²) in [5, 5.41) is 0. The molecule has 0 bridgehead atoms. The molecule has 25 heavy (non-hydrogen) atoms. The second kappa shape index (κ2) is 18.0. The molecule has 2 nitrogen and oxygen atoms in total. The van der Waals surface area contributed by atoms with Gasteiger partial charge in [-0.15, -0.1) is 0 Å². The van der Waals surface area contributed by atoms with Gasteiger partial charge in [-0.1, -0.05) is 89.7 Å². The Kier molecular flexibility index (Phi) is 16.0. The molecule has 0 aromatic rings. The summed E-state index contributed by atoms with van der Waals surface area (Å²) in [6.07, 6.45) is 29.2. The van der Waals surface area contributed by atoms with E-state index in [2.05, 4.69) is 29.0 Å². The van der Waals surface area contributed by atoms with Crippen molar-refractivity contribution in [1.82, 2.24) is 4.90 Å². The van der Waals surface area contributed by atoms with Crippen molar-refractivity contribution in [3.05, 3.63) is 12.2 Å². The summed E-state index contributed by atoms with van der Waals surface area (Å²) in [7, 11) is 0. The number of allylic oxidation sites excluding steroid dienone is 2. The van der Waals surface area contributed by atoms with Crippen LogP contribution in [0.2, 0.25) is 0 Å². The Bertz CT molecular complexity index is 322. The molecule has 146 valence electrons. The molecule has 1 rings (SSSR count). The van der Waals surface area contributed by atoms with Crippen LogP contribution < -0.4 is 0 Å². The van der Waals surface area contributed by atoms with Crippen LogP contribution in [0.4, 0.5) is 0 Å². The van der Waals surface area contributed by atoms with Gasteiger partial charge < -0.3 is 4.90 Å². The largest absolute Gasteiger partial charge is 0.361 e. The number of nitrogens with zero attached hydrogens (tertiary/aromatic N) is 2. The number of unbranched alkanes of at least 4 members (excludes halogenated alkanes) is 14. The van der Waals surface area contributed by atoms with E-state index in [0.717, 1.165) is 13.1 Å². The highest BCUT2D eigenvalue weighted by Crippen LogP contribution is 2.11. The quantitative estimate of drug-likeness (QED) is 0.190. The van der Waals surface area contributed by atoms with E-state index in [1.165, 1.54) is 109 Å². The van der Waals surface area contributed by atoms with Gasteiger partial charge in [0, 0.05) is 13.1 Å². The molecule has 1 heterocycles. The van der Waals surface area contributed by atoms with E-state index in [4.69, 9.17) is 0 Å². The van der Waals surface area contributed by atoms with Crippen LogP contribution in [0.1, 0.15) is 110 Å². The molecule has 0 atom stereocenters. The second-order valence-electron chi connectivity index (χ2n) is 7.70. The van der Waals surface area contributed by atoms with Gasteiger partial charge in [0.1, 0.15) is 0 Å². The van der Waals surface area contributed by atoms with Crippen LogP contribution in [0.25, 0.3) is 0 Å². The maximum absolute atomic E-state index is 4.26. The minimum Gasteiger partial charge on any atom is -0.361 e. The minimum atomic E-state index is 1.01. The lowest BCUT2D eigenvalue weighted by Crippen LogP contribution is -2.20. The average molecular weight is 349 g/mol. The summed E-state index contributed by atoms with van der Waals surface area (Å²) in [4.78, 5) is 6.62. The Balaban J connectivity index is 1.69. The van der Waals surface area contributed by atoms with E-state index >= 15 is 0 Å². The van der Waals surface area contributed by atoms with Crippen molar-refractivity contribution in [2.75, 3.05) is 19.6 Å². The van der Waals surface area contributed by atoms with Gasteiger partial charge in [0.25, 0.3) is 0 Å². The molecule has 0 unspecified atom stereocenters. The highest BCUT2D eigenvalue weighted by atomic mass is 15.2. The summed E-state index contributed by atoms with van der Waals surface area (Å²) in [5.41, 5.74) is 0. The van der Waals surface area contributed by atoms with Crippen molar-refractivity contribution in [3.8, 4) is 0 Å². The van der Waals surface area contributed by atoms with E-state index in [0.29, 0.717) is 0 Å². The van der Waals surface area contributed by atoms with Crippen LogP contribution in [0.3, 0.4) is 0 Å². The Morgan fingerprint density at radius 2 is 1.24 bits per heavy atom. The number of hydrogen-bond acceptors (Lipinski definition) is 2. The topological polar surface area (TPSA) is 15.6 Å². The highest BCUT2D eigenvalue weighted by molar-refractivity contribution is 5.56. The first-order chi connectivity index (χ1) is 12.4. The van der Waals surface area contributed by atoms with Crippen molar-refractivity contribution in [1.29, 1.82) is 0 Å². The number of aliphatic imine (C=N–C) groups is 1. The van der Waals surface area contributed by atoms with E-state index in [-0.39, 0.29) is 0 Å². The molecule has 0 N–H and O–H groups in total. The maximum atomic E-state index is 4.26. The van der Waals surface area contributed by atoms with Gasteiger partial charge in [0.15, 0.2) is 0 Å². The summed E-state index contributed by atoms with van der Waals surface area (Å²) in [6.45, 7) is 5.65. The maximum Gasteiger partial charge on any atom is 0.0851 e. The predicted octanol–water partition coefficient (Wildman–Crippen LogP) is 7.15. The first-order valence-corrected chi connectivity index (χ1v) is 11.3. The second-order valence-corrected chi connectivity index (χ2v) is 7.70. The fourth-order valence-corrected chi connectivity index (χ4v) is 3.50. The summed E-state index contributed by atoms with van der Waals surface area (Å²) in [5.74, 6) is 0. The summed E-state index contributed by atoms with van der Waals surface area (Å²) in [6, 6.07) is 0. The Labute approximate surface area is 158 Å². The lowest BCUT2D eigenvalue weighted by Gasteiger charge is -2.12. The molecule has 0 fully saturated rings. The van der Waals surface area contributed by atoms with Crippen LogP contribution >= 0.6 is 0 Å². The highest BCUT2D eigenvalue weighted by Gasteiger charge is 2.03. The Morgan fingerprint density at radius 3 is 1.76 bits per heavy atom. The van der Waals surface area contributed by atoms with Crippen molar-refractivity contribution < 1.29 is 0 Å². The molecule has 0 aromatic heterocycles. The molecule has 1 aliphatic rings. The Hall–Kier alpha value is -0.790. The molecule has 0 spiro atoms. The van der Waals surface area contributed by atoms with Gasteiger partial charge in [-0.05, 0) is 32.1 Å². The molecule has 0 aliphatic carbocycles. The van der Waals surface area contributed by atoms with Gasteiger partial charge in [0.05, 0.1) is 12.9 Å². The van der Waals surface area contributed by atoms with E-state index in [9.17, 15) is 0 Å². The summed E-state index contributed by atoms with van der Waals surface area (Å²) < 4.78 is 0. The molecular weight excluding hydrogens is 304 g/mol.